The molecule has 1 amide bonds. The number of aliphatic carboxylic acids is 1. The highest BCUT2D eigenvalue weighted by Crippen LogP contribution is 2.18. The Morgan fingerprint density at radius 3 is 2.57 bits per heavy atom. The summed E-state index contributed by atoms with van der Waals surface area (Å²) in [4.78, 5) is 23.8. The summed E-state index contributed by atoms with van der Waals surface area (Å²) in [5.74, 6) is -1.83. The molecular weight excluding hydrogens is 358 g/mol. The first-order valence-electron chi connectivity index (χ1n) is 9.95. The van der Waals surface area contributed by atoms with Gasteiger partial charge in [0.05, 0.1) is 6.04 Å². The van der Waals surface area contributed by atoms with E-state index in [4.69, 9.17) is 10.5 Å². The van der Waals surface area contributed by atoms with Crippen LogP contribution in [-0.4, -0.2) is 48.3 Å². The van der Waals surface area contributed by atoms with E-state index in [9.17, 15) is 14.7 Å². The molecule has 7 nitrogen and oxygen atoms in total. The Morgan fingerprint density at radius 1 is 1.14 bits per heavy atom. The number of carboxylic acids is 1. The first-order chi connectivity index (χ1) is 13.5. The van der Waals surface area contributed by atoms with Crippen molar-refractivity contribution in [2.24, 2.45) is 5.73 Å². The van der Waals surface area contributed by atoms with Crippen LogP contribution in [0.4, 0.5) is 0 Å². The zero-order chi connectivity index (χ0) is 20.4. The van der Waals surface area contributed by atoms with Gasteiger partial charge in [-0.2, -0.15) is 0 Å². The van der Waals surface area contributed by atoms with Gasteiger partial charge in [-0.15, -0.1) is 0 Å². The molecule has 1 aliphatic heterocycles. The third-order valence-corrected chi connectivity index (χ3v) is 4.72. The van der Waals surface area contributed by atoms with Crippen LogP contribution in [-0.2, 0) is 20.7 Å². The number of carbonyl (C=O) groups is 2. The quantitative estimate of drug-likeness (QED) is 0.427. The maximum Gasteiger partial charge on any atom is 0.370 e. The molecule has 28 heavy (non-hydrogen) atoms. The van der Waals surface area contributed by atoms with Crippen molar-refractivity contribution in [2.45, 2.75) is 57.2 Å². The number of nitrogens with one attached hydrogen (secondary N) is 2. The molecule has 0 aromatic heterocycles. The van der Waals surface area contributed by atoms with E-state index in [2.05, 4.69) is 22.8 Å². The number of unbranched alkanes of at least 4 members (excludes halogenated alkanes) is 2. The van der Waals surface area contributed by atoms with Gasteiger partial charge < -0.3 is 26.2 Å². The second-order valence-electron chi connectivity index (χ2n) is 7.02. The van der Waals surface area contributed by atoms with Gasteiger partial charge in [0.2, 0.25) is 5.76 Å². The van der Waals surface area contributed by atoms with Crippen LogP contribution in [0.1, 0.15) is 38.2 Å². The molecule has 5 N–H and O–H groups in total. The lowest BCUT2D eigenvalue weighted by molar-refractivity contribution is -0.143. The van der Waals surface area contributed by atoms with E-state index in [0.717, 1.165) is 32.1 Å². The van der Waals surface area contributed by atoms with Crippen molar-refractivity contribution in [3.8, 4) is 0 Å². The number of aryl methyl sites for hydroxylation is 1. The van der Waals surface area contributed by atoms with Crippen LogP contribution in [0.3, 0.4) is 0 Å². The molecule has 1 heterocycles. The van der Waals surface area contributed by atoms with Crippen LogP contribution >= 0.6 is 0 Å². The molecule has 1 aromatic carbocycles. The summed E-state index contributed by atoms with van der Waals surface area (Å²) < 4.78 is 5.43. The Labute approximate surface area is 166 Å². The Kier molecular flexibility index (Phi) is 8.97. The average Bonchev–Trinajstić information content (AvgIpc) is 2.69. The van der Waals surface area contributed by atoms with E-state index < -0.39 is 24.2 Å². The van der Waals surface area contributed by atoms with Crippen molar-refractivity contribution < 1.29 is 19.4 Å². The second kappa shape index (κ2) is 11.5. The number of ether oxygens (including phenoxy) is 1. The fraction of sp³-hybridized carbons (Fsp3) is 0.524. The Balaban J connectivity index is 1.79. The zero-order valence-corrected chi connectivity index (χ0v) is 16.4. The van der Waals surface area contributed by atoms with E-state index in [1.807, 2.05) is 25.1 Å². The van der Waals surface area contributed by atoms with Gasteiger partial charge in [0.15, 0.2) is 6.10 Å². The van der Waals surface area contributed by atoms with Crippen molar-refractivity contribution in [1.29, 1.82) is 0 Å². The van der Waals surface area contributed by atoms with Crippen LogP contribution in [0.25, 0.3) is 0 Å². The summed E-state index contributed by atoms with van der Waals surface area (Å²) in [6.45, 7) is 3.20. The van der Waals surface area contributed by atoms with Gasteiger partial charge in [-0.25, -0.2) is 4.79 Å². The SMILES string of the molecule is CCCN[C@@H]1[C@H](N)C=C(C(=O)O)O[C@H]1C(=O)NCCCCCc1ccccc1. The van der Waals surface area contributed by atoms with Crippen molar-refractivity contribution in [3.63, 3.8) is 0 Å². The molecule has 0 radical (unpaired) electrons. The minimum absolute atomic E-state index is 0.273. The lowest BCUT2D eigenvalue weighted by atomic mass is 9.98. The van der Waals surface area contributed by atoms with Gasteiger partial charge in [0.25, 0.3) is 5.91 Å². The molecule has 7 heteroatoms. The smallest absolute Gasteiger partial charge is 0.370 e. The summed E-state index contributed by atoms with van der Waals surface area (Å²) in [5, 5.41) is 15.2. The monoisotopic (exact) mass is 389 g/mol. The zero-order valence-electron chi connectivity index (χ0n) is 16.4. The summed E-state index contributed by atoms with van der Waals surface area (Å²) in [6.07, 6.45) is 5.19. The normalized spacial score (nSPS) is 21.5. The van der Waals surface area contributed by atoms with Crippen LogP contribution in [0.2, 0.25) is 0 Å². The number of nitrogens with two attached hydrogens (primary N) is 1. The molecule has 0 spiro atoms. The summed E-state index contributed by atoms with van der Waals surface area (Å²) in [6, 6.07) is 9.24. The van der Waals surface area contributed by atoms with Crippen molar-refractivity contribution in [3.05, 3.63) is 47.7 Å². The topological polar surface area (TPSA) is 114 Å². The number of amides is 1. The van der Waals surface area contributed by atoms with E-state index in [0.29, 0.717) is 13.1 Å². The molecule has 2 rings (SSSR count). The van der Waals surface area contributed by atoms with Gasteiger partial charge in [-0.05, 0) is 43.9 Å². The Morgan fingerprint density at radius 2 is 1.89 bits per heavy atom. The number of benzene rings is 1. The number of hydrogen-bond acceptors (Lipinski definition) is 5. The molecule has 154 valence electrons. The first-order valence-corrected chi connectivity index (χ1v) is 9.95. The largest absolute Gasteiger partial charge is 0.475 e. The molecule has 1 aliphatic rings. The van der Waals surface area contributed by atoms with Gasteiger partial charge in [0, 0.05) is 12.6 Å². The third-order valence-electron chi connectivity index (χ3n) is 4.72. The van der Waals surface area contributed by atoms with Crippen molar-refractivity contribution >= 4 is 11.9 Å². The number of hydrogen-bond donors (Lipinski definition) is 4. The third kappa shape index (κ3) is 6.65. The van der Waals surface area contributed by atoms with E-state index >= 15 is 0 Å². The molecular formula is C21H31N3O4. The highest BCUT2D eigenvalue weighted by atomic mass is 16.5. The van der Waals surface area contributed by atoms with Gasteiger partial charge >= 0.3 is 5.97 Å². The fourth-order valence-corrected chi connectivity index (χ4v) is 3.21. The molecule has 0 aliphatic carbocycles. The molecule has 0 bridgehead atoms. The Bertz CT molecular complexity index is 663. The first kappa shape index (κ1) is 21.9. The van der Waals surface area contributed by atoms with E-state index in [1.54, 1.807) is 0 Å². The fourth-order valence-electron chi connectivity index (χ4n) is 3.21. The number of rotatable bonds is 11. The summed E-state index contributed by atoms with van der Waals surface area (Å²) in [5.41, 5.74) is 7.38. The molecule has 0 unspecified atom stereocenters. The highest BCUT2D eigenvalue weighted by molar-refractivity contribution is 5.87. The van der Waals surface area contributed by atoms with Gasteiger partial charge in [-0.3, -0.25) is 4.79 Å². The second-order valence-corrected chi connectivity index (χ2v) is 7.02. The highest BCUT2D eigenvalue weighted by Gasteiger charge is 2.39. The predicted molar refractivity (Wildman–Crippen MR) is 108 cm³/mol. The van der Waals surface area contributed by atoms with Gasteiger partial charge in [-0.1, -0.05) is 43.7 Å². The lowest BCUT2D eigenvalue weighted by Gasteiger charge is -2.34. The van der Waals surface area contributed by atoms with Crippen molar-refractivity contribution in [1.82, 2.24) is 10.6 Å². The number of carbonyl (C=O) groups excluding carboxylic acids is 1. The maximum atomic E-state index is 12.6. The average molecular weight is 389 g/mol. The van der Waals surface area contributed by atoms with E-state index in [-0.39, 0.29) is 11.7 Å². The Hall–Kier alpha value is -2.38. The molecule has 0 saturated heterocycles. The minimum atomic E-state index is -1.22. The van der Waals surface area contributed by atoms with Crippen molar-refractivity contribution in [2.75, 3.05) is 13.1 Å². The molecule has 0 saturated carbocycles. The molecule has 3 atom stereocenters. The van der Waals surface area contributed by atoms with Crippen LogP contribution in [0, 0.1) is 0 Å². The lowest BCUT2D eigenvalue weighted by Crippen LogP contribution is -2.60. The summed E-state index contributed by atoms with van der Waals surface area (Å²) >= 11 is 0. The maximum absolute atomic E-state index is 12.6. The molecule has 1 aromatic rings. The summed E-state index contributed by atoms with van der Waals surface area (Å²) in [7, 11) is 0. The van der Waals surface area contributed by atoms with Gasteiger partial charge in [0.1, 0.15) is 0 Å². The van der Waals surface area contributed by atoms with E-state index in [1.165, 1.54) is 11.6 Å². The molecule has 0 fully saturated rings. The predicted octanol–water partition coefficient (Wildman–Crippen LogP) is 1.58. The standard InChI is InChI=1S/C21H31N3O4/c1-2-12-23-18-16(22)14-17(21(26)27)28-19(18)20(25)24-13-8-4-7-11-15-9-5-3-6-10-15/h3,5-6,9-10,14,16,18-19,23H,2,4,7-8,11-13,22H2,1H3,(H,24,25)(H,26,27)/t16-,18-,19-/m1/s1. The van der Waals surface area contributed by atoms with Crippen LogP contribution in [0.15, 0.2) is 42.2 Å². The van der Waals surface area contributed by atoms with Crippen LogP contribution < -0.4 is 16.4 Å². The number of carboxylic acid groups (broad SMARTS) is 1. The minimum Gasteiger partial charge on any atom is -0.475 e. The van der Waals surface area contributed by atoms with Crippen LogP contribution in [0.5, 0.6) is 0 Å².